The Kier molecular flexibility index (Phi) is 5.61. The molecule has 0 saturated carbocycles. The van der Waals surface area contributed by atoms with Gasteiger partial charge in [-0.25, -0.2) is 0 Å². The third-order valence-electron chi connectivity index (χ3n) is 2.37. The smallest absolute Gasteiger partial charge is 0.269 e. The summed E-state index contributed by atoms with van der Waals surface area (Å²) in [5.41, 5.74) is 1.89. The lowest BCUT2D eigenvalue weighted by atomic mass is 9.98. The monoisotopic (exact) mass is 259 g/mol. The van der Waals surface area contributed by atoms with E-state index in [1.165, 1.54) is 0 Å². The van der Waals surface area contributed by atoms with Crippen molar-refractivity contribution in [3.63, 3.8) is 0 Å². The number of hydrogen-bond acceptors (Lipinski definition) is 4. The Morgan fingerprint density at radius 3 is 2.47 bits per heavy atom. The van der Waals surface area contributed by atoms with Gasteiger partial charge in [-0.2, -0.15) is 0 Å². The van der Waals surface area contributed by atoms with Gasteiger partial charge in [0.1, 0.15) is 0 Å². The predicted octanol–water partition coefficient (Wildman–Crippen LogP) is 1.88. The SMILES string of the molecule is CCOC(=N)C(O)(O)c1cc(C)ccc1C.Cl. The molecular formula is C12H18ClNO3. The Balaban J connectivity index is 0.00000256. The first-order valence-corrected chi connectivity index (χ1v) is 5.14. The van der Waals surface area contributed by atoms with Crippen LogP contribution in [0.15, 0.2) is 18.2 Å². The molecule has 0 aromatic heterocycles. The molecule has 0 amide bonds. The van der Waals surface area contributed by atoms with E-state index < -0.39 is 11.7 Å². The van der Waals surface area contributed by atoms with Crippen LogP contribution in [0, 0.1) is 19.3 Å². The molecule has 0 bridgehead atoms. The third kappa shape index (κ3) is 3.43. The van der Waals surface area contributed by atoms with Gasteiger partial charge in [-0.05, 0) is 32.4 Å². The summed E-state index contributed by atoms with van der Waals surface area (Å²) in [5, 5.41) is 27.3. The lowest BCUT2D eigenvalue weighted by Crippen LogP contribution is -2.37. The Bertz CT molecular complexity index is 405. The summed E-state index contributed by atoms with van der Waals surface area (Å²) in [6.45, 7) is 5.53. The number of ether oxygens (including phenoxy) is 1. The van der Waals surface area contributed by atoms with Crippen molar-refractivity contribution in [3.05, 3.63) is 34.9 Å². The fraction of sp³-hybridized carbons (Fsp3) is 0.417. The number of hydrogen-bond donors (Lipinski definition) is 3. The molecule has 0 aliphatic rings. The summed E-state index contributed by atoms with van der Waals surface area (Å²) >= 11 is 0. The van der Waals surface area contributed by atoms with Gasteiger partial charge >= 0.3 is 0 Å². The molecule has 0 aliphatic carbocycles. The zero-order chi connectivity index (χ0) is 12.3. The van der Waals surface area contributed by atoms with Crippen LogP contribution in [0.3, 0.4) is 0 Å². The van der Waals surface area contributed by atoms with Crippen LogP contribution < -0.4 is 0 Å². The number of aliphatic hydroxyl groups is 2. The highest BCUT2D eigenvalue weighted by molar-refractivity contribution is 5.85. The van der Waals surface area contributed by atoms with Gasteiger partial charge < -0.3 is 14.9 Å². The first-order chi connectivity index (χ1) is 7.39. The van der Waals surface area contributed by atoms with Crippen LogP contribution in [0.4, 0.5) is 0 Å². The second kappa shape index (κ2) is 6.00. The quantitative estimate of drug-likeness (QED) is 0.441. The van der Waals surface area contributed by atoms with Crippen molar-refractivity contribution in [1.82, 2.24) is 0 Å². The molecule has 0 aliphatic heterocycles. The first-order valence-electron chi connectivity index (χ1n) is 5.14. The standard InChI is InChI=1S/C12H17NO3.ClH/c1-4-16-11(13)12(14,15)10-7-8(2)5-6-9(10)3;/h5-7,13-15H,4H2,1-3H3;1H. The number of rotatable bonds is 3. The van der Waals surface area contributed by atoms with Crippen molar-refractivity contribution in [1.29, 1.82) is 5.41 Å². The van der Waals surface area contributed by atoms with E-state index in [0.29, 0.717) is 5.56 Å². The van der Waals surface area contributed by atoms with Gasteiger partial charge in [-0.15, -0.1) is 12.4 Å². The van der Waals surface area contributed by atoms with Crippen molar-refractivity contribution in [2.75, 3.05) is 6.61 Å². The van der Waals surface area contributed by atoms with Crippen molar-refractivity contribution in [3.8, 4) is 0 Å². The van der Waals surface area contributed by atoms with E-state index in [1.807, 2.05) is 13.0 Å². The summed E-state index contributed by atoms with van der Waals surface area (Å²) in [6.07, 6.45) is 0. The van der Waals surface area contributed by atoms with E-state index in [0.717, 1.165) is 5.56 Å². The van der Waals surface area contributed by atoms with Crippen LogP contribution in [0.5, 0.6) is 0 Å². The lowest BCUT2D eigenvalue weighted by molar-refractivity contribution is -0.122. The third-order valence-corrected chi connectivity index (χ3v) is 2.37. The minimum atomic E-state index is -2.36. The molecule has 17 heavy (non-hydrogen) atoms. The summed E-state index contributed by atoms with van der Waals surface area (Å²) in [6, 6.07) is 5.30. The summed E-state index contributed by atoms with van der Waals surface area (Å²) in [7, 11) is 0. The maximum absolute atomic E-state index is 9.90. The van der Waals surface area contributed by atoms with Gasteiger partial charge in [0.2, 0.25) is 5.90 Å². The van der Waals surface area contributed by atoms with Gasteiger partial charge in [0.15, 0.2) is 0 Å². The molecule has 0 radical (unpaired) electrons. The molecule has 4 nitrogen and oxygen atoms in total. The van der Waals surface area contributed by atoms with Crippen molar-refractivity contribution in [2.45, 2.75) is 26.6 Å². The Labute approximate surface area is 107 Å². The van der Waals surface area contributed by atoms with Crippen LogP contribution in [-0.2, 0) is 10.5 Å². The van der Waals surface area contributed by atoms with Crippen molar-refractivity contribution >= 4 is 18.3 Å². The van der Waals surface area contributed by atoms with E-state index >= 15 is 0 Å². The Morgan fingerprint density at radius 2 is 1.94 bits per heavy atom. The fourth-order valence-corrected chi connectivity index (χ4v) is 1.48. The number of nitrogens with one attached hydrogen (secondary N) is 1. The molecule has 1 aromatic carbocycles. The summed E-state index contributed by atoms with van der Waals surface area (Å²) in [5.74, 6) is -2.91. The van der Waals surface area contributed by atoms with Crippen molar-refractivity contribution in [2.24, 2.45) is 0 Å². The normalized spacial score (nSPS) is 10.6. The maximum Gasteiger partial charge on any atom is 0.269 e. The molecule has 0 atom stereocenters. The van der Waals surface area contributed by atoms with E-state index in [-0.39, 0.29) is 24.6 Å². The molecule has 0 spiro atoms. The van der Waals surface area contributed by atoms with Gasteiger partial charge in [-0.1, -0.05) is 17.7 Å². The average molecular weight is 260 g/mol. The second-order valence-corrected chi connectivity index (χ2v) is 3.75. The Hall–Kier alpha value is -1.10. The van der Waals surface area contributed by atoms with Crippen molar-refractivity contribution < 1.29 is 14.9 Å². The maximum atomic E-state index is 9.90. The topological polar surface area (TPSA) is 73.5 Å². The summed E-state index contributed by atoms with van der Waals surface area (Å²) < 4.78 is 4.84. The van der Waals surface area contributed by atoms with Gasteiger partial charge in [-0.3, -0.25) is 5.41 Å². The number of halogens is 1. The highest BCUT2D eigenvalue weighted by Gasteiger charge is 2.35. The van der Waals surface area contributed by atoms with Crippen LogP contribution in [0.1, 0.15) is 23.6 Å². The fourth-order valence-electron chi connectivity index (χ4n) is 1.48. The van der Waals surface area contributed by atoms with E-state index in [9.17, 15) is 10.2 Å². The van der Waals surface area contributed by atoms with Crippen LogP contribution in [0.2, 0.25) is 0 Å². The van der Waals surface area contributed by atoms with Gasteiger partial charge in [0.05, 0.1) is 6.61 Å². The first kappa shape index (κ1) is 15.9. The lowest BCUT2D eigenvalue weighted by Gasteiger charge is -2.24. The molecule has 0 heterocycles. The molecule has 96 valence electrons. The molecule has 0 saturated heterocycles. The van der Waals surface area contributed by atoms with E-state index in [2.05, 4.69) is 0 Å². The molecule has 3 N–H and O–H groups in total. The zero-order valence-corrected chi connectivity index (χ0v) is 11.0. The predicted molar refractivity (Wildman–Crippen MR) is 68.6 cm³/mol. The molecule has 5 heteroatoms. The van der Waals surface area contributed by atoms with E-state index in [4.69, 9.17) is 10.1 Å². The van der Waals surface area contributed by atoms with Crippen LogP contribution in [0.25, 0.3) is 0 Å². The molecule has 0 unspecified atom stereocenters. The largest absolute Gasteiger partial charge is 0.477 e. The molecular weight excluding hydrogens is 242 g/mol. The van der Waals surface area contributed by atoms with Gasteiger partial charge in [0, 0.05) is 5.56 Å². The number of benzene rings is 1. The highest BCUT2D eigenvalue weighted by atomic mass is 35.5. The molecule has 1 aromatic rings. The minimum Gasteiger partial charge on any atom is -0.477 e. The average Bonchev–Trinajstić information content (AvgIpc) is 2.22. The molecule has 0 fully saturated rings. The number of aryl methyl sites for hydroxylation is 2. The van der Waals surface area contributed by atoms with Gasteiger partial charge in [0.25, 0.3) is 5.79 Å². The highest BCUT2D eigenvalue weighted by Crippen LogP contribution is 2.24. The Morgan fingerprint density at radius 1 is 1.35 bits per heavy atom. The van der Waals surface area contributed by atoms with Crippen LogP contribution >= 0.6 is 12.4 Å². The minimum absolute atomic E-state index is 0. The zero-order valence-electron chi connectivity index (χ0n) is 10.2. The summed E-state index contributed by atoms with van der Waals surface area (Å²) in [4.78, 5) is 0. The van der Waals surface area contributed by atoms with Crippen LogP contribution in [-0.4, -0.2) is 22.7 Å². The molecule has 1 rings (SSSR count). The second-order valence-electron chi connectivity index (χ2n) is 3.75. The van der Waals surface area contributed by atoms with E-state index in [1.54, 1.807) is 26.0 Å².